The fourth-order valence-corrected chi connectivity index (χ4v) is 3.79. The van der Waals surface area contributed by atoms with Gasteiger partial charge in [-0.2, -0.15) is 0 Å². The Morgan fingerprint density at radius 1 is 1.25 bits per heavy atom. The maximum atomic E-state index is 12.8. The lowest BCUT2D eigenvalue weighted by atomic mass is 10.1. The molecule has 2 fully saturated rings. The molecule has 3 N–H and O–H groups in total. The molecule has 1 aliphatic carbocycles. The summed E-state index contributed by atoms with van der Waals surface area (Å²) < 4.78 is 0. The van der Waals surface area contributed by atoms with Crippen LogP contribution in [0.3, 0.4) is 0 Å². The predicted molar refractivity (Wildman–Crippen MR) is 105 cm³/mol. The highest BCUT2D eigenvalue weighted by molar-refractivity contribution is 5.95. The highest BCUT2D eigenvalue weighted by Gasteiger charge is 2.39. The normalized spacial score (nSPS) is 25.0. The maximum absolute atomic E-state index is 12.8. The Morgan fingerprint density at radius 3 is 2.79 bits per heavy atom. The van der Waals surface area contributed by atoms with Gasteiger partial charge in [-0.1, -0.05) is 6.07 Å². The zero-order valence-electron chi connectivity index (χ0n) is 16.4. The van der Waals surface area contributed by atoms with Gasteiger partial charge in [-0.15, -0.1) is 0 Å². The van der Waals surface area contributed by atoms with E-state index in [1.54, 1.807) is 17.0 Å². The van der Waals surface area contributed by atoms with Gasteiger partial charge < -0.3 is 25.5 Å². The summed E-state index contributed by atoms with van der Waals surface area (Å²) in [6.07, 6.45) is 0.251. The van der Waals surface area contributed by atoms with Gasteiger partial charge in [-0.3, -0.25) is 14.4 Å². The average molecular weight is 388 g/mol. The van der Waals surface area contributed by atoms with Gasteiger partial charge in [0.25, 0.3) is 5.91 Å². The SMILES string of the molecule is CN(C)c1cccc(C(=O)N[C@@H]2C[C@H](C(=O)N3CCNC(=O)CC3)C[C@H]2O)c1. The van der Waals surface area contributed by atoms with Crippen LogP contribution in [0.25, 0.3) is 0 Å². The molecule has 0 bridgehead atoms. The second-order valence-electron chi connectivity index (χ2n) is 7.69. The summed E-state index contributed by atoms with van der Waals surface area (Å²) in [5, 5.41) is 16.0. The van der Waals surface area contributed by atoms with Crippen molar-refractivity contribution < 1.29 is 19.5 Å². The van der Waals surface area contributed by atoms with Crippen LogP contribution in [0.4, 0.5) is 5.69 Å². The standard InChI is InChI=1S/C20H28N4O4/c1-23(2)15-5-3-4-13(10-15)19(27)22-16-11-14(12-17(16)25)20(28)24-8-6-18(26)21-7-9-24/h3-5,10,14,16-17,25H,6-9,11-12H2,1-2H3,(H,21,26)(H,22,27)/t14-,16+,17+/m0/s1. The molecule has 1 aliphatic heterocycles. The van der Waals surface area contributed by atoms with Crippen molar-refractivity contribution in [2.75, 3.05) is 38.6 Å². The number of aliphatic hydroxyl groups excluding tert-OH is 1. The minimum Gasteiger partial charge on any atom is -0.391 e. The fourth-order valence-electron chi connectivity index (χ4n) is 3.79. The van der Waals surface area contributed by atoms with Gasteiger partial charge in [0.2, 0.25) is 11.8 Å². The Morgan fingerprint density at radius 2 is 2.04 bits per heavy atom. The van der Waals surface area contributed by atoms with E-state index in [1.165, 1.54) is 0 Å². The number of aliphatic hydroxyl groups is 1. The zero-order chi connectivity index (χ0) is 20.3. The second-order valence-corrected chi connectivity index (χ2v) is 7.69. The van der Waals surface area contributed by atoms with Crippen molar-refractivity contribution >= 4 is 23.4 Å². The van der Waals surface area contributed by atoms with Crippen LogP contribution in [0.2, 0.25) is 0 Å². The van der Waals surface area contributed by atoms with E-state index in [4.69, 9.17) is 0 Å². The Balaban J connectivity index is 1.60. The van der Waals surface area contributed by atoms with Crippen LogP contribution in [-0.2, 0) is 9.59 Å². The number of benzene rings is 1. The second kappa shape index (κ2) is 8.60. The van der Waals surface area contributed by atoms with Gasteiger partial charge in [0.1, 0.15) is 0 Å². The summed E-state index contributed by atoms with van der Waals surface area (Å²) in [7, 11) is 3.81. The van der Waals surface area contributed by atoms with E-state index in [2.05, 4.69) is 10.6 Å². The third-order valence-electron chi connectivity index (χ3n) is 5.44. The van der Waals surface area contributed by atoms with Gasteiger partial charge in [0.15, 0.2) is 0 Å². The first-order valence-corrected chi connectivity index (χ1v) is 9.67. The van der Waals surface area contributed by atoms with Gasteiger partial charge in [0.05, 0.1) is 12.1 Å². The van der Waals surface area contributed by atoms with Gasteiger partial charge in [-0.05, 0) is 31.0 Å². The summed E-state index contributed by atoms with van der Waals surface area (Å²) in [5.41, 5.74) is 1.43. The van der Waals surface area contributed by atoms with E-state index in [9.17, 15) is 19.5 Å². The summed E-state index contributed by atoms with van der Waals surface area (Å²) in [5.74, 6) is -0.708. The van der Waals surface area contributed by atoms with Crippen molar-refractivity contribution in [1.82, 2.24) is 15.5 Å². The molecule has 0 aromatic heterocycles. The largest absolute Gasteiger partial charge is 0.391 e. The van der Waals surface area contributed by atoms with E-state index in [0.29, 0.717) is 44.5 Å². The first-order chi connectivity index (χ1) is 13.3. The number of hydrogen-bond donors (Lipinski definition) is 3. The number of rotatable bonds is 4. The van der Waals surface area contributed by atoms with Crippen molar-refractivity contribution in [3.05, 3.63) is 29.8 Å². The fraction of sp³-hybridized carbons (Fsp3) is 0.550. The number of carbonyl (C=O) groups is 3. The predicted octanol–water partition coefficient (Wildman–Crippen LogP) is -0.0296. The summed E-state index contributed by atoms with van der Waals surface area (Å²) in [4.78, 5) is 40.4. The number of nitrogens with one attached hydrogen (secondary N) is 2. The van der Waals surface area contributed by atoms with Crippen molar-refractivity contribution in [2.45, 2.75) is 31.4 Å². The molecule has 3 rings (SSSR count). The molecule has 152 valence electrons. The van der Waals surface area contributed by atoms with E-state index in [1.807, 2.05) is 31.1 Å². The van der Waals surface area contributed by atoms with E-state index >= 15 is 0 Å². The molecular weight excluding hydrogens is 360 g/mol. The lowest BCUT2D eigenvalue weighted by Gasteiger charge is -2.23. The van der Waals surface area contributed by atoms with E-state index < -0.39 is 12.1 Å². The Labute approximate surface area is 164 Å². The number of hydrogen-bond acceptors (Lipinski definition) is 5. The molecule has 1 aromatic carbocycles. The molecule has 3 atom stereocenters. The molecule has 28 heavy (non-hydrogen) atoms. The van der Waals surface area contributed by atoms with Crippen molar-refractivity contribution in [2.24, 2.45) is 5.92 Å². The molecule has 8 nitrogen and oxygen atoms in total. The molecule has 0 unspecified atom stereocenters. The molecule has 1 aromatic rings. The van der Waals surface area contributed by atoms with Crippen molar-refractivity contribution in [3.63, 3.8) is 0 Å². The number of carbonyl (C=O) groups excluding carboxylic acids is 3. The molecule has 2 aliphatic rings. The Bertz CT molecular complexity index is 751. The first-order valence-electron chi connectivity index (χ1n) is 9.67. The van der Waals surface area contributed by atoms with Crippen molar-refractivity contribution in [3.8, 4) is 0 Å². The smallest absolute Gasteiger partial charge is 0.251 e. The maximum Gasteiger partial charge on any atom is 0.251 e. The summed E-state index contributed by atoms with van der Waals surface area (Å²) in [6, 6.07) is 6.79. The molecule has 0 radical (unpaired) electrons. The van der Waals surface area contributed by atoms with Crippen LogP contribution >= 0.6 is 0 Å². The van der Waals surface area contributed by atoms with Crippen LogP contribution in [0.1, 0.15) is 29.6 Å². The van der Waals surface area contributed by atoms with Crippen LogP contribution in [0.15, 0.2) is 24.3 Å². The third-order valence-corrected chi connectivity index (χ3v) is 5.44. The quantitative estimate of drug-likeness (QED) is 0.672. The van der Waals surface area contributed by atoms with Crippen LogP contribution in [-0.4, -0.2) is 73.6 Å². The number of nitrogens with zero attached hydrogens (tertiary/aromatic N) is 2. The topological polar surface area (TPSA) is 102 Å². The summed E-state index contributed by atoms with van der Waals surface area (Å²) >= 11 is 0. The molecule has 1 heterocycles. The first kappa shape index (κ1) is 20.1. The van der Waals surface area contributed by atoms with E-state index in [-0.39, 0.29) is 23.6 Å². The van der Waals surface area contributed by atoms with Crippen LogP contribution in [0, 0.1) is 5.92 Å². The average Bonchev–Trinajstić information content (AvgIpc) is 2.89. The number of anilines is 1. The van der Waals surface area contributed by atoms with E-state index in [0.717, 1.165) is 5.69 Å². The molecule has 8 heteroatoms. The molecule has 1 saturated heterocycles. The zero-order valence-corrected chi connectivity index (χ0v) is 16.4. The van der Waals surface area contributed by atoms with Crippen molar-refractivity contribution in [1.29, 1.82) is 0 Å². The van der Waals surface area contributed by atoms with Gasteiger partial charge >= 0.3 is 0 Å². The van der Waals surface area contributed by atoms with Crippen LogP contribution < -0.4 is 15.5 Å². The highest BCUT2D eigenvalue weighted by atomic mass is 16.3. The Hall–Kier alpha value is -2.61. The Kier molecular flexibility index (Phi) is 6.18. The van der Waals surface area contributed by atoms with Gasteiger partial charge in [0, 0.05) is 57.3 Å². The molecule has 1 saturated carbocycles. The lowest BCUT2D eigenvalue weighted by molar-refractivity contribution is -0.135. The molecule has 0 spiro atoms. The molecular formula is C20H28N4O4. The lowest BCUT2D eigenvalue weighted by Crippen LogP contribution is -2.40. The van der Waals surface area contributed by atoms with Gasteiger partial charge in [-0.25, -0.2) is 0 Å². The summed E-state index contributed by atoms with van der Waals surface area (Å²) in [6.45, 7) is 1.32. The minimum absolute atomic E-state index is 0.0492. The number of amides is 3. The molecule has 3 amide bonds. The van der Waals surface area contributed by atoms with Crippen LogP contribution in [0.5, 0.6) is 0 Å². The minimum atomic E-state index is -0.762. The highest BCUT2D eigenvalue weighted by Crippen LogP contribution is 2.28. The monoisotopic (exact) mass is 388 g/mol. The third kappa shape index (κ3) is 4.62.